The van der Waals surface area contributed by atoms with Crippen molar-refractivity contribution in [2.24, 2.45) is 18.9 Å². The number of carbonyl (C=O) groups is 2. The standard InChI is InChI=1S/C38H50N6O6S/c1-26(2)23-43(51(48,49)30-18-16-29(50-6)17-19-30)24-34(45)32(22-28-12-8-7-9-13-28)40-37(46)36(27(3)4)44-21-20-42(38(44)47)25-35-39-31-14-10-11-15-33(31)41(35)5/h7-19,26-27,32,34,36,45H,20-25H2,1-6H3,(H,40,46)/t32-,34+,36?/m0/s1. The van der Waals surface area contributed by atoms with Crippen molar-refractivity contribution in [3.05, 3.63) is 90.3 Å². The molecule has 1 aromatic heterocycles. The molecule has 12 nitrogen and oxygen atoms in total. The van der Waals surface area contributed by atoms with Gasteiger partial charge in [0.1, 0.15) is 17.6 Å². The van der Waals surface area contributed by atoms with E-state index in [0.717, 1.165) is 22.4 Å². The molecule has 4 aromatic rings. The Hall–Kier alpha value is -4.46. The number of aliphatic hydroxyl groups is 1. The van der Waals surface area contributed by atoms with Crippen LogP contribution in [0, 0.1) is 11.8 Å². The molecule has 0 saturated carbocycles. The number of fused-ring (bicyclic) bond motifs is 1. The number of carbonyl (C=O) groups excluding carboxylic acids is 2. The van der Waals surface area contributed by atoms with Crippen molar-refractivity contribution in [3.8, 4) is 5.75 Å². The third-order valence-corrected chi connectivity index (χ3v) is 11.2. The normalized spacial score (nSPS) is 15.6. The Morgan fingerprint density at radius 3 is 2.25 bits per heavy atom. The lowest BCUT2D eigenvalue weighted by molar-refractivity contribution is -0.128. The maximum Gasteiger partial charge on any atom is 0.321 e. The van der Waals surface area contributed by atoms with Crippen LogP contribution in [0.3, 0.4) is 0 Å². The van der Waals surface area contributed by atoms with Crippen molar-refractivity contribution in [2.75, 3.05) is 33.3 Å². The molecule has 3 aromatic carbocycles. The summed E-state index contributed by atoms with van der Waals surface area (Å²) in [4.78, 5) is 36.1. The highest BCUT2D eigenvalue weighted by atomic mass is 32.2. The van der Waals surface area contributed by atoms with Crippen molar-refractivity contribution in [1.82, 2.24) is 29.0 Å². The van der Waals surface area contributed by atoms with Gasteiger partial charge < -0.3 is 29.5 Å². The summed E-state index contributed by atoms with van der Waals surface area (Å²) < 4.78 is 36.2. The highest BCUT2D eigenvalue weighted by molar-refractivity contribution is 7.89. The number of ether oxygens (including phenoxy) is 1. The summed E-state index contributed by atoms with van der Waals surface area (Å²) in [5.74, 6) is 0.590. The Labute approximate surface area is 301 Å². The molecule has 13 heteroatoms. The Bertz CT molecular complexity index is 1900. The van der Waals surface area contributed by atoms with Crippen molar-refractivity contribution in [2.45, 2.75) is 63.7 Å². The number of amides is 3. The highest BCUT2D eigenvalue weighted by Crippen LogP contribution is 2.24. The smallest absolute Gasteiger partial charge is 0.321 e. The van der Waals surface area contributed by atoms with E-state index in [2.05, 4.69) is 5.32 Å². The van der Waals surface area contributed by atoms with E-state index in [9.17, 15) is 23.1 Å². The number of nitrogens with zero attached hydrogens (tertiary/aromatic N) is 5. The summed E-state index contributed by atoms with van der Waals surface area (Å²) >= 11 is 0. The van der Waals surface area contributed by atoms with Gasteiger partial charge >= 0.3 is 6.03 Å². The van der Waals surface area contributed by atoms with Gasteiger partial charge in [-0.15, -0.1) is 0 Å². The number of imidazole rings is 1. The van der Waals surface area contributed by atoms with Crippen molar-refractivity contribution < 1.29 is 27.9 Å². The zero-order valence-corrected chi connectivity index (χ0v) is 31.1. The fourth-order valence-electron chi connectivity index (χ4n) is 6.65. The number of hydrogen-bond acceptors (Lipinski definition) is 7. The summed E-state index contributed by atoms with van der Waals surface area (Å²) in [5, 5.41) is 14.8. The first-order valence-corrected chi connectivity index (χ1v) is 18.9. The molecule has 0 spiro atoms. The molecule has 2 N–H and O–H groups in total. The SMILES string of the molecule is COc1ccc(S(=O)(=O)N(CC(C)C)C[C@@H](O)[C@H](Cc2ccccc2)NC(=O)C(C(C)C)N2CCN(Cc3nc4ccccc4n3C)C2=O)cc1. The second-order valence-corrected chi connectivity index (χ2v) is 15.9. The third kappa shape index (κ3) is 8.71. The summed E-state index contributed by atoms with van der Waals surface area (Å²) in [5.41, 5.74) is 2.69. The first kappa shape index (κ1) is 37.8. The molecule has 1 aliphatic rings. The monoisotopic (exact) mass is 718 g/mol. The van der Waals surface area contributed by atoms with E-state index in [1.165, 1.54) is 23.5 Å². The first-order chi connectivity index (χ1) is 24.3. The predicted octanol–water partition coefficient (Wildman–Crippen LogP) is 4.28. The summed E-state index contributed by atoms with van der Waals surface area (Å²) in [6, 6.07) is 21.4. The van der Waals surface area contributed by atoms with Gasteiger partial charge in [-0.05, 0) is 60.2 Å². The van der Waals surface area contributed by atoms with Gasteiger partial charge in [0.2, 0.25) is 15.9 Å². The summed E-state index contributed by atoms with van der Waals surface area (Å²) in [7, 11) is -0.569. The number of aryl methyl sites for hydroxylation is 1. The predicted molar refractivity (Wildman–Crippen MR) is 197 cm³/mol. The van der Waals surface area contributed by atoms with E-state index < -0.39 is 34.1 Å². The van der Waals surface area contributed by atoms with Gasteiger partial charge in [0.05, 0.1) is 41.7 Å². The minimum Gasteiger partial charge on any atom is -0.497 e. The Kier molecular flexibility index (Phi) is 12.0. The molecule has 0 bridgehead atoms. The lowest BCUT2D eigenvalue weighted by atomic mass is 9.97. The average molecular weight is 719 g/mol. The fourth-order valence-corrected chi connectivity index (χ4v) is 8.27. The molecule has 3 atom stereocenters. The molecule has 1 unspecified atom stereocenters. The molecule has 5 rings (SSSR count). The fraction of sp³-hybridized carbons (Fsp3) is 0.447. The molecule has 51 heavy (non-hydrogen) atoms. The molecule has 1 aliphatic heterocycles. The minimum absolute atomic E-state index is 0.0361. The number of benzene rings is 3. The Morgan fingerprint density at radius 2 is 1.63 bits per heavy atom. The molecular weight excluding hydrogens is 669 g/mol. The molecule has 1 fully saturated rings. The molecule has 0 radical (unpaired) electrons. The van der Waals surface area contributed by atoms with Crippen LogP contribution < -0.4 is 10.1 Å². The lowest BCUT2D eigenvalue weighted by Gasteiger charge is -2.34. The van der Waals surface area contributed by atoms with Crippen LogP contribution in [0.2, 0.25) is 0 Å². The van der Waals surface area contributed by atoms with Gasteiger partial charge in [-0.1, -0.05) is 70.2 Å². The molecule has 0 aliphatic carbocycles. The van der Waals surface area contributed by atoms with Crippen molar-refractivity contribution >= 4 is 33.0 Å². The largest absolute Gasteiger partial charge is 0.497 e. The van der Waals surface area contributed by atoms with E-state index in [1.54, 1.807) is 21.9 Å². The first-order valence-electron chi connectivity index (χ1n) is 17.4. The zero-order chi connectivity index (χ0) is 36.9. The van der Waals surface area contributed by atoms with Crippen LogP contribution in [0.1, 0.15) is 39.1 Å². The molecule has 1 saturated heterocycles. The van der Waals surface area contributed by atoms with E-state index in [0.29, 0.717) is 25.4 Å². The van der Waals surface area contributed by atoms with Crippen molar-refractivity contribution in [1.29, 1.82) is 0 Å². The topological polar surface area (TPSA) is 137 Å². The second-order valence-electron chi connectivity index (χ2n) is 13.9. The number of urea groups is 1. The molecular formula is C38H50N6O6S. The number of sulfonamides is 1. The quantitative estimate of drug-likeness (QED) is 0.177. The van der Waals surface area contributed by atoms with E-state index in [4.69, 9.17) is 9.72 Å². The maximum atomic E-state index is 14.2. The minimum atomic E-state index is -4.01. The number of hydrogen-bond donors (Lipinski definition) is 2. The average Bonchev–Trinajstić information content (AvgIpc) is 3.62. The van der Waals surface area contributed by atoms with Gasteiger partial charge in [-0.2, -0.15) is 4.31 Å². The highest BCUT2D eigenvalue weighted by Gasteiger charge is 2.41. The van der Waals surface area contributed by atoms with E-state index >= 15 is 0 Å². The van der Waals surface area contributed by atoms with Gasteiger partial charge in [0.25, 0.3) is 0 Å². The molecule has 274 valence electrons. The van der Waals surface area contributed by atoms with E-state index in [1.807, 2.05) is 93.9 Å². The number of para-hydroxylation sites is 2. The summed E-state index contributed by atoms with van der Waals surface area (Å²) in [6.45, 7) is 8.60. The van der Waals surface area contributed by atoms with Crippen LogP contribution >= 0.6 is 0 Å². The lowest BCUT2D eigenvalue weighted by Crippen LogP contribution is -2.57. The van der Waals surface area contributed by atoms with Crippen LogP contribution in [0.25, 0.3) is 11.0 Å². The van der Waals surface area contributed by atoms with Crippen LogP contribution in [-0.4, -0.2) is 101 Å². The van der Waals surface area contributed by atoms with Crippen LogP contribution in [0.4, 0.5) is 4.79 Å². The number of rotatable bonds is 16. The Balaban J connectivity index is 1.36. The van der Waals surface area contributed by atoms with Crippen molar-refractivity contribution in [3.63, 3.8) is 0 Å². The number of methoxy groups -OCH3 is 1. The van der Waals surface area contributed by atoms with Crippen LogP contribution in [-0.2, 0) is 34.8 Å². The van der Waals surface area contributed by atoms with Crippen LogP contribution in [0.15, 0.2) is 83.8 Å². The van der Waals surface area contributed by atoms with Gasteiger partial charge in [-0.3, -0.25) is 4.79 Å². The van der Waals surface area contributed by atoms with E-state index in [-0.39, 0.29) is 42.3 Å². The number of aromatic nitrogens is 2. The van der Waals surface area contributed by atoms with Crippen LogP contribution in [0.5, 0.6) is 5.75 Å². The second kappa shape index (κ2) is 16.3. The summed E-state index contributed by atoms with van der Waals surface area (Å²) in [6.07, 6.45) is -1.01. The maximum absolute atomic E-state index is 14.2. The number of aliphatic hydroxyl groups excluding tert-OH is 1. The number of nitrogens with one attached hydrogen (secondary N) is 1. The third-order valence-electron chi connectivity index (χ3n) is 9.32. The Morgan fingerprint density at radius 1 is 0.961 bits per heavy atom. The van der Waals surface area contributed by atoms with Gasteiger partial charge in [0, 0.05) is 33.2 Å². The zero-order valence-electron chi connectivity index (χ0n) is 30.3. The van der Waals surface area contributed by atoms with Gasteiger partial charge in [0.15, 0.2) is 0 Å². The van der Waals surface area contributed by atoms with Gasteiger partial charge in [-0.25, -0.2) is 18.2 Å². The molecule has 3 amide bonds. The molecule has 2 heterocycles.